The van der Waals surface area contributed by atoms with E-state index in [2.05, 4.69) is 25.8 Å². The normalized spacial score (nSPS) is 24.4. The number of nitriles is 1. The third-order valence-corrected chi connectivity index (χ3v) is 10.9. The number of alkyl halides is 1. The van der Waals surface area contributed by atoms with Crippen LogP contribution in [0.5, 0.6) is 6.01 Å². The predicted molar refractivity (Wildman–Crippen MR) is 159 cm³/mol. The van der Waals surface area contributed by atoms with Gasteiger partial charge in [-0.25, -0.2) is 13.8 Å². The zero-order chi connectivity index (χ0) is 30.1. The van der Waals surface area contributed by atoms with Gasteiger partial charge in [0.1, 0.15) is 35.5 Å². The number of nitrogen functional groups attached to an aromatic ring is 2. The van der Waals surface area contributed by atoms with Gasteiger partial charge >= 0.3 is 6.01 Å². The molecule has 7 rings (SSSR count). The third kappa shape index (κ3) is 4.51. The van der Waals surface area contributed by atoms with E-state index in [4.69, 9.17) is 26.2 Å². The number of ether oxygens (including phenoxy) is 1. The maximum Gasteiger partial charge on any atom is 0.323 e. The van der Waals surface area contributed by atoms with Crippen LogP contribution >= 0.6 is 11.3 Å². The zero-order valence-electron chi connectivity index (χ0n) is 24.2. The second kappa shape index (κ2) is 10.1. The number of pyridine rings is 1. The van der Waals surface area contributed by atoms with Crippen LogP contribution in [0.1, 0.15) is 60.2 Å². The van der Waals surface area contributed by atoms with Crippen molar-refractivity contribution in [3.63, 3.8) is 0 Å². The van der Waals surface area contributed by atoms with E-state index in [1.54, 1.807) is 11.9 Å². The van der Waals surface area contributed by atoms with Crippen LogP contribution in [0.2, 0.25) is 0 Å². The van der Waals surface area contributed by atoms with Gasteiger partial charge in [-0.3, -0.25) is 4.90 Å². The van der Waals surface area contributed by atoms with Crippen molar-refractivity contribution in [2.24, 2.45) is 0 Å². The molecule has 0 aromatic carbocycles. The van der Waals surface area contributed by atoms with Gasteiger partial charge < -0.3 is 26.0 Å². The van der Waals surface area contributed by atoms with Gasteiger partial charge in [-0.1, -0.05) is 0 Å². The molecule has 4 aliphatic rings. The molecule has 11 nitrogen and oxygen atoms in total. The largest absolute Gasteiger partial charge is 0.461 e. The van der Waals surface area contributed by atoms with Crippen LogP contribution in [-0.2, 0) is 11.8 Å². The average molecular weight is 609 g/mol. The van der Waals surface area contributed by atoms with Gasteiger partial charge in [-0.2, -0.15) is 20.2 Å². The molecule has 0 bridgehead atoms. The number of anilines is 4. The minimum absolute atomic E-state index is 0.151. The van der Waals surface area contributed by atoms with Gasteiger partial charge in [-0.15, -0.1) is 11.3 Å². The minimum Gasteiger partial charge on any atom is -0.461 e. The Morgan fingerprint density at radius 1 is 1.28 bits per heavy atom. The molecule has 3 saturated heterocycles. The fourth-order valence-corrected chi connectivity index (χ4v) is 8.63. The molecule has 0 radical (unpaired) electrons. The van der Waals surface area contributed by atoms with Crippen LogP contribution in [0.15, 0.2) is 12.3 Å². The third-order valence-electron chi connectivity index (χ3n) is 9.84. The summed E-state index contributed by atoms with van der Waals surface area (Å²) < 4.78 is 34.7. The lowest BCUT2D eigenvalue weighted by Crippen LogP contribution is -2.59. The number of aromatic nitrogens is 4. The fraction of sp³-hybridized carbons (Fsp3) is 0.552. The van der Waals surface area contributed by atoms with E-state index in [1.807, 2.05) is 6.92 Å². The van der Waals surface area contributed by atoms with Crippen molar-refractivity contribution in [1.29, 1.82) is 5.26 Å². The number of hydrogen-bond acceptors (Lipinski definition) is 12. The van der Waals surface area contributed by atoms with Crippen molar-refractivity contribution in [2.75, 3.05) is 61.1 Å². The Hall–Kier alpha value is -3.83. The van der Waals surface area contributed by atoms with Gasteiger partial charge in [0, 0.05) is 49.0 Å². The first-order valence-electron chi connectivity index (χ1n) is 14.6. The van der Waals surface area contributed by atoms with Crippen molar-refractivity contribution in [3.8, 4) is 12.1 Å². The second-order valence-electron chi connectivity index (χ2n) is 12.4. The number of rotatable bonds is 7. The van der Waals surface area contributed by atoms with E-state index in [0.717, 1.165) is 44.0 Å². The Bertz CT molecular complexity index is 1620. The van der Waals surface area contributed by atoms with Gasteiger partial charge in [0.05, 0.1) is 23.3 Å². The maximum atomic E-state index is 14.4. The smallest absolute Gasteiger partial charge is 0.323 e. The van der Waals surface area contributed by atoms with Crippen LogP contribution < -0.4 is 26.0 Å². The van der Waals surface area contributed by atoms with Gasteiger partial charge in [0.25, 0.3) is 0 Å². The molecule has 14 heteroatoms. The first kappa shape index (κ1) is 28.0. The molecule has 1 spiro atoms. The summed E-state index contributed by atoms with van der Waals surface area (Å²) in [6, 6.07) is 3.41. The van der Waals surface area contributed by atoms with Gasteiger partial charge in [-0.05, 0) is 50.8 Å². The van der Waals surface area contributed by atoms with Gasteiger partial charge in [0.2, 0.25) is 11.9 Å². The lowest BCUT2D eigenvalue weighted by atomic mass is 9.74. The SMILES string of the molecule is C[C@H](c1cc(F)cnc1N)N(C)c1nc(OC[C@@]23CCCN2C[C@H](F)C3)nc(N2CC3(CCc4sc(N)c(C#N)c43)C2)n1. The van der Waals surface area contributed by atoms with Crippen LogP contribution in [0.3, 0.4) is 0 Å². The first-order chi connectivity index (χ1) is 20.6. The first-order valence-corrected chi connectivity index (χ1v) is 15.4. The van der Waals surface area contributed by atoms with Crippen molar-refractivity contribution in [1.82, 2.24) is 24.8 Å². The number of nitrogens with zero attached hydrogens (tertiary/aromatic N) is 8. The van der Waals surface area contributed by atoms with E-state index < -0.39 is 18.0 Å². The van der Waals surface area contributed by atoms with Crippen LogP contribution in [0.4, 0.5) is 31.5 Å². The topological polar surface area (TPSA) is 146 Å². The van der Waals surface area contributed by atoms with Crippen LogP contribution in [-0.4, -0.2) is 76.4 Å². The summed E-state index contributed by atoms with van der Waals surface area (Å²) >= 11 is 1.51. The minimum atomic E-state index is -0.872. The van der Waals surface area contributed by atoms with Crippen LogP contribution in [0.25, 0.3) is 0 Å². The molecule has 3 atom stereocenters. The fourth-order valence-electron chi connectivity index (χ4n) is 7.49. The molecular formula is C29H34F2N10OS. The Kier molecular flexibility index (Phi) is 6.59. The van der Waals surface area contributed by atoms with Crippen LogP contribution in [0, 0.1) is 17.1 Å². The summed E-state index contributed by atoms with van der Waals surface area (Å²) in [5.74, 6) is 0.512. The average Bonchev–Trinajstić information content (AvgIpc) is 3.69. The molecule has 3 fully saturated rings. The number of aryl methyl sites for hydroxylation is 1. The highest BCUT2D eigenvalue weighted by Gasteiger charge is 2.52. The molecule has 0 amide bonds. The highest BCUT2D eigenvalue weighted by molar-refractivity contribution is 7.16. The summed E-state index contributed by atoms with van der Waals surface area (Å²) in [4.78, 5) is 25.4. The van der Waals surface area contributed by atoms with E-state index >= 15 is 0 Å². The highest BCUT2D eigenvalue weighted by Crippen LogP contribution is 2.52. The lowest BCUT2D eigenvalue weighted by molar-refractivity contribution is 0.107. The van der Waals surface area contributed by atoms with Crippen molar-refractivity contribution in [3.05, 3.63) is 39.6 Å². The lowest BCUT2D eigenvalue weighted by Gasteiger charge is -2.48. The molecule has 1 aliphatic carbocycles. The number of fused-ring (bicyclic) bond motifs is 3. The summed E-state index contributed by atoms with van der Waals surface area (Å²) in [6.07, 6.45) is 4.35. The van der Waals surface area contributed by atoms with E-state index in [9.17, 15) is 14.0 Å². The molecule has 4 N–H and O–H groups in total. The molecule has 3 aromatic heterocycles. The second-order valence-corrected chi connectivity index (χ2v) is 13.5. The summed E-state index contributed by atoms with van der Waals surface area (Å²) in [7, 11) is 1.80. The number of nitrogens with two attached hydrogens (primary N) is 2. The number of hydrogen-bond donors (Lipinski definition) is 2. The van der Waals surface area contributed by atoms with Crippen molar-refractivity contribution >= 4 is 34.1 Å². The molecular weight excluding hydrogens is 574 g/mol. The predicted octanol–water partition coefficient (Wildman–Crippen LogP) is 3.36. The molecule has 43 heavy (non-hydrogen) atoms. The summed E-state index contributed by atoms with van der Waals surface area (Å²) in [6.45, 7) is 4.70. The zero-order valence-corrected chi connectivity index (χ0v) is 25.0. The Balaban J connectivity index is 1.19. The number of halogens is 2. The molecule has 226 valence electrons. The standard InChI is InChI=1S/C29H34F2N10OS/c1-16(19-8-17(30)11-35-23(19)33)39(2)25-36-26(38-27(37-25)42-15-29-5-3-7-41(29)12-18(31)9-29)40-13-28(14-40)6-4-21-22(28)20(10-32)24(34)43-21/h8,11,16,18H,3-7,9,12-15,34H2,1-2H3,(H2,33,35)/t16-,18-,29+/m1/s1. The Morgan fingerprint density at radius 2 is 2.09 bits per heavy atom. The van der Waals surface area contributed by atoms with Crippen molar-refractivity contribution < 1.29 is 13.5 Å². The highest BCUT2D eigenvalue weighted by atomic mass is 32.1. The Morgan fingerprint density at radius 3 is 2.88 bits per heavy atom. The molecule has 0 saturated carbocycles. The van der Waals surface area contributed by atoms with E-state index in [1.165, 1.54) is 22.3 Å². The Labute approximate surface area is 252 Å². The van der Waals surface area contributed by atoms with Gasteiger partial charge in [0.15, 0.2) is 0 Å². The monoisotopic (exact) mass is 608 g/mol. The summed E-state index contributed by atoms with van der Waals surface area (Å²) in [5, 5.41) is 10.4. The van der Waals surface area contributed by atoms with E-state index in [-0.39, 0.29) is 29.4 Å². The molecule has 3 aromatic rings. The maximum absolute atomic E-state index is 14.4. The quantitative estimate of drug-likeness (QED) is 0.407. The molecule has 3 aliphatic heterocycles. The molecule has 0 unspecified atom stereocenters. The number of thiophene rings is 1. The van der Waals surface area contributed by atoms with E-state index in [0.29, 0.717) is 54.1 Å². The molecule has 6 heterocycles. The summed E-state index contributed by atoms with van der Waals surface area (Å²) in [5.41, 5.74) is 13.9. The van der Waals surface area contributed by atoms with Crippen molar-refractivity contribution in [2.45, 2.75) is 62.2 Å².